The summed E-state index contributed by atoms with van der Waals surface area (Å²) in [5.41, 5.74) is 0.551. The highest BCUT2D eigenvalue weighted by atomic mass is 35.5. The Hall–Kier alpha value is -1.66. The third kappa shape index (κ3) is 8.31. The summed E-state index contributed by atoms with van der Waals surface area (Å²) in [6.07, 6.45) is 4.48. The molecule has 0 fully saturated rings. The van der Waals surface area contributed by atoms with Gasteiger partial charge in [0.05, 0.1) is 23.3 Å². The van der Waals surface area contributed by atoms with Gasteiger partial charge in [-0.05, 0) is 31.9 Å². The van der Waals surface area contributed by atoms with Gasteiger partial charge in [-0.1, -0.05) is 46.4 Å². The van der Waals surface area contributed by atoms with Crippen LogP contribution >= 0.6 is 46.4 Å². The highest BCUT2D eigenvalue weighted by Crippen LogP contribution is 2.37. The lowest BCUT2D eigenvalue weighted by Crippen LogP contribution is -2.04. The van der Waals surface area contributed by atoms with Gasteiger partial charge in [0.15, 0.2) is 11.5 Å². The molecular formula is C20H19Cl4NO4. The fourth-order valence-electron chi connectivity index (χ4n) is 2.19. The molecule has 1 heterocycles. The number of halogens is 4. The van der Waals surface area contributed by atoms with E-state index in [9.17, 15) is 4.79 Å². The number of hydrogen-bond donors (Lipinski definition) is 0. The Kier molecular flexibility index (Phi) is 9.88. The molecule has 9 heteroatoms. The van der Waals surface area contributed by atoms with E-state index in [4.69, 9.17) is 60.6 Å². The monoisotopic (exact) mass is 477 g/mol. The van der Waals surface area contributed by atoms with E-state index in [1.54, 1.807) is 24.3 Å². The lowest BCUT2D eigenvalue weighted by molar-refractivity contribution is 0.101. The Morgan fingerprint density at radius 3 is 2.24 bits per heavy atom. The van der Waals surface area contributed by atoms with E-state index >= 15 is 0 Å². The number of aromatic nitrogens is 1. The van der Waals surface area contributed by atoms with Gasteiger partial charge >= 0.3 is 0 Å². The van der Waals surface area contributed by atoms with E-state index < -0.39 is 0 Å². The molecular weight excluding hydrogens is 460 g/mol. The van der Waals surface area contributed by atoms with Crippen molar-refractivity contribution in [3.8, 4) is 17.4 Å². The molecule has 0 bridgehead atoms. The number of hydrogen-bond acceptors (Lipinski definition) is 5. The van der Waals surface area contributed by atoms with E-state index in [0.29, 0.717) is 46.2 Å². The van der Waals surface area contributed by atoms with Crippen LogP contribution in [0.1, 0.15) is 30.1 Å². The molecule has 0 N–H and O–H groups in total. The van der Waals surface area contributed by atoms with Crippen molar-refractivity contribution in [1.82, 2.24) is 4.98 Å². The minimum absolute atomic E-state index is 0.0328. The van der Waals surface area contributed by atoms with Crippen LogP contribution in [0.2, 0.25) is 10.0 Å². The van der Waals surface area contributed by atoms with Gasteiger partial charge in [0.2, 0.25) is 5.88 Å². The average Bonchev–Trinajstić information content (AvgIpc) is 2.66. The number of unbranched alkanes of at least 4 members (excludes halogenated alkanes) is 1. The summed E-state index contributed by atoms with van der Waals surface area (Å²) in [7, 11) is 0. The topological polar surface area (TPSA) is 57.7 Å². The zero-order chi connectivity index (χ0) is 21.2. The van der Waals surface area contributed by atoms with Gasteiger partial charge in [0, 0.05) is 30.0 Å². The molecule has 2 aromatic rings. The summed E-state index contributed by atoms with van der Waals surface area (Å²) in [6, 6.07) is 6.58. The summed E-state index contributed by atoms with van der Waals surface area (Å²) < 4.78 is 16.8. The molecule has 29 heavy (non-hydrogen) atoms. The van der Waals surface area contributed by atoms with Gasteiger partial charge in [0.25, 0.3) is 0 Å². The maximum absolute atomic E-state index is 11.2. The van der Waals surface area contributed by atoms with Crippen molar-refractivity contribution in [3.63, 3.8) is 0 Å². The third-order valence-corrected chi connectivity index (χ3v) is 4.51. The first-order chi connectivity index (χ1) is 13.9. The van der Waals surface area contributed by atoms with E-state index in [0.717, 1.165) is 12.8 Å². The van der Waals surface area contributed by atoms with Crippen molar-refractivity contribution in [2.75, 3.05) is 19.8 Å². The van der Waals surface area contributed by atoms with Crippen molar-refractivity contribution >= 4 is 52.2 Å². The molecule has 0 unspecified atom stereocenters. The zero-order valence-electron chi connectivity index (χ0n) is 15.6. The summed E-state index contributed by atoms with van der Waals surface area (Å²) in [6.45, 7) is 2.58. The number of pyridine rings is 1. The Morgan fingerprint density at radius 1 is 1.03 bits per heavy atom. The quantitative estimate of drug-likeness (QED) is 0.271. The first kappa shape index (κ1) is 23.6. The highest BCUT2D eigenvalue weighted by Gasteiger charge is 2.10. The van der Waals surface area contributed by atoms with E-state index in [2.05, 4.69) is 4.98 Å². The van der Waals surface area contributed by atoms with Crippen LogP contribution in [0, 0.1) is 0 Å². The Morgan fingerprint density at radius 2 is 1.69 bits per heavy atom. The molecule has 5 nitrogen and oxygen atoms in total. The van der Waals surface area contributed by atoms with Gasteiger partial charge in [-0.2, -0.15) is 0 Å². The molecule has 2 rings (SSSR count). The van der Waals surface area contributed by atoms with Gasteiger partial charge in [-0.3, -0.25) is 4.79 Å². The maximum atomic E-state index is 11.2. The third-order valence-electron chi connectivity index (χ3n) is 3.64. The van der Waals surface area contributed by atoms with Gasteiger partial charge in [-0.25, -0.2) is 4.98 Å². The van der Waals surface area contributed by atoms with E-state index in [1.807, 2.05) is 0 Å². The SMILES string of the molecule is CC(=O)c1ccc(OCCCCOc2c(Cl)cc(OCC=C(Cl)Cl)cc2Cl)nc1. The van der Waals surface area contributed by atoms with Crippen LogP contribution in [-0.2, 0) is 0 Å². The van der Waals surface area contributed by atoms with Gasteiger partial charge in [0.1, 0.15) is 16.8 Å². The first-order valence-electron chi connectivity index (χ1n) is 8.72. The molecule has 0 spiro atoms. The molecule has 0 aliphatic carbocycles. The van der Waals surface area contributed by atoms with Crippen molar-refractivity contribution in [2.45, 2.75) is 19.8 Å². The van der Waals surface area contributed by atoms with Crippen LogP contribution in [0.5, 0.6) is 17.4 Å². The second kappa shape index (κ2) is 12.1. The Bertz CT molecular complexity index is 829. The van der Waals surface area contributed by atoms with Crippen molar-refractivity contribution in [2.24, 2.45) is 0 Å². The normalized spacial score (nSPS) is 10.4. The largest absolute Gasteiger partial charge is 0.490 e. The second-order valence-corrected chi connectivity index (χ2v) is 7.69. The van der Waals surface area contributed by atoms with Crippen molar-refractivity contribution in [3.05, 3.63) is 56.6 Å². The molecule has 0 radical (unpaired) electrons. The highest BCUT2D eigenvalue weighted by molar-refractivity contribution is 6.55. The molecule has 1 aromatic carbocycles. The molecule has 0 aliphatic heterocycles. The molecule has 0 saturated carbocycles. The minimum atomic E-state index is -0.0328. The zero-order valence-corrected chi connectivity index (χ0v) is 18.6. The number of ether oxygens (including phenoxy) is 3. The smallest absolute Gasteiger partial charge is 0.213 e. The number of carbonyl (C=O) groups excluding carboxylic acids is 1. The molecule has 1 aromatic heterocycles. The Labute approximate surface area is 189 Å². The van der Waals surface area contributed by atoms with E-state index in [-0.39, 0.29) is 16.9 Å². The average molecular weight is 479 g/mol. The van der Waals surface area contributed by atoms with Crippen LogP contribution in [0.25, 0.3) is 0 Å². The summed E-state index contributed by atoms with van der Waals surface area (Å²) in [5.74, 6) is 1.32. The fraction of sp³-hybridized carbons (Fsp3) is 0.300. The molecule has 0 aliphatic rings. The van der Waals surface area contributed by atoms with Gasteiger partial charge in [-0.15, -0.1) is 0 Å². The number of rotatable bonds is 11. The molecule has 0 atom stereocenters. The predicted molar refractivity (Wildman–Crippen MR) is 116 cm³/mol. The van der Waals surface area contributed by atoms with Crippen LogP contribution in [0.15, 0.2) is 41.0 Å². The van der Waals surface area contributed by atoms with Crippen molar-refractivity contribution in [1.29, 1.82) is 0 Å². The van der Waals surface area contributed by atoms with Crippen LogP contribution in [0.4, 0.5) is 0 Å². The Balaban J connectivity index is 1.73. The van der Waals surface area contributed by atoms with E-state index in [1.165, 1.54) is 19.2 Å². The standard InChI is InChI=1S/C20H19Cl4NO4/c1-13(26)14-4-5-19(25-12-14)28-7-2-3-8-29-20-16(21)10-15(11-17(20)22)27-9-6-18(23)24/h4-6,10-12H,2-3,7-9H2,1H3. The number of Topliss-reactive ketones (excluding diaryl/α,β-unsaturated/α-hetero) is 1. The number of carbonyl (C=O) groups is 1. The van der Waals surface area contributed by atoms with Crippen LogP contribution in [-0.4, -0.2) is 30.6 Å². The lowest BCUT2D eigenvalue weighted by atomic mass is 10.2. The number of nitrogens with zero attached hydrogens (tertiary/aromatic N) is 1. The number of ketones is 1. The van der Waals surface area contributed by atoms with Crippen LogP contribution in [0.3, 0.4) is 0 Å². The van der Waals surface area contributed by atoms with Crippen LogP contribution < -0.4 is 14.2 Å². The molecule has 0 amide bonds. The van der Waals surface area contributed by atoms with Gasteiger partial charge < -0.3 is 14.2 Å². The summed E-state index contributed by atoms with van der Waals surface area (Å²) >= 11 is 23.5. The molecule has 156 valence electrons. The fourth-order valence-corrected chi connectivity index (χ4v) is 2.89. The molecule has 0 saturated heterocycles. The summed E-state index contributed by atoms with van der Waals surface area (Å²) in [4.78, 5) is 15.3. The second-order valence-electron chi connectivity index (χ2n) is 5.87. The lowest BCUT2D eigenvalue weighted by Gasteiger charge is -2.12. The summed E-state index contributed by atoms with van der Waals surface area (Å²) in [5, 5.41) is 0.693. The predicted octanol–water partition coefficient (Wildman–Crippen LogP) is 6.53. The maximum Gasteiger partial charge on any atom is 0.213 e. The number of benzene rings is 1. The van der Waals surface area contributed by atoms with Crippen molar-refractivity contribution < 1.29 is 19.0 Å². The first-order valence-corrected chi connectivity index (χ1v) is 10.2. The minimum Gasteiger partial charge on any atom is -0.490 e.